The Kier molecular flexibility index (Phi) is 2.14. The van der Waals surface area contributed by atoms with Gasteiger partial charge in [0.15, 0.2) is 0 Å². The van der Waals surface area contributed by atoms with Crippen molar-refractivity contribution in [2.45, 2.75) is 11.3 Å². The fraction of sp³-hybridized carbons (Fsp3) is 0.188. The van der Waals surface area contributed by atoms with E-state index < -0.39 is 17.1 Å². The molecule has 21 heavy (non-hydrogen) atoms. The number of ketones is 1. The first-order chi connectivity index (χ1) is 10.0. The molecule has 0 unspecified atom stereocenters. The topological polar surface area (TPSA) is 78.8 Å². The molecule has 2 atom stereocenters. The van der Waals surface area contributed by atoms with E-state index in [2.05, 4.69) is 5.32 Å². The molecule has 2 aromatic rings. The molecule has 106 valence electrons. The molecule has 4 rings (SSSR count). The molecule has 0 amide bonds. The SMILES string of the molecule is COc1ccc2c(c1)N[C@]1(O)c3ccccc3C(=O)[C@@]21O. The largest absolute Gasteiger partial charge is 0.497 e. The van der Waals surface area contributed by atoms with Gasteiger partial charge in [0.05, 0.1) is 7.11 Å². The first kappa shape index (κ1) is 12.4. The van der Waals surface area contributed by atoms with Gasteiger partial charge in [0.2, 0.25) is 17.1 Å². The summed E-state index contributed by atoms with van der Waals surface area (Å²) >= 11 is 0. The Bertz CT molecular complexity index is 788. The van der Waals surface area contributed by atoms with Gasteiger partial charge in [0.1, 0.15) is 5.75 Å². The number of ether oxygens (including phenoxy) is 1. The second-order valence-electron chi connectivity index (χ2n) is 5.33. The molecule has 5 heteroatoms. The van der Waals surface area contributed by atoms with Gasteiger partial charge in [-0.15, -0.1) is 0 Å². The van der Waals surface area contributed by atoms with Crippen molar-refractivity contribution in [1.82, 2.24) is 0 Å². The Balaban J connectivity index is 2.00. The molecule has 1 aliphatic heterocycles. The zero-order valence-corrected chi connectivity index (χ0v) is 11.3. The monoisotopic (exact) mass is 283 g/mol. The summed E-state index contributed by atoms with van der Waals surface area (Å²) < 4.78 is 5.14. The highest BCUT2D eigenvalue weighted by Crippen LogP contribution is 2.56. The first-order valence-corrected chi connectivity index (χ1v) is 6.58. The maximum Gasteiger partial charge on any atom is 0.207 e. The average Bonchev–Trinajstić information content (AvgIpc) is 2.84. The van der Waals surface area contributed by atoms with E-state index in [4.69, 9.17) is 4.74 Å². The molecule has 3 N–H and O–H groups in total. The fourth-order valence-corrected chi connectivity index (χ4v) is 3.29. The molecule has 0 aromatic heterocycles. The number of benzene rings is 2. The summed E-state index contributed by atoms with van der Waals surface area (Å²) in [5.74, 6) is 0.0752. The van der Waals surface area contributed by atoms with Crippen LogP contribution < -0.4 is 10.1 Å². The highest BCUT2D eigenvalue weighted by Gasteiger charge is 2.67. The van der Waals surface area contributed by atoms with E-state index in [-0.39, 0.29) is 0 Å². The maximum atomic E-state index is 12.6. The number of hydrogen-bond acceptors (Lipinski definition) is 5. The van der Waals surface area contributed by atoms with Crippen LogP contribution in [0.3, 0.4) is 0 Å². The molecular formula is C16H13NO4. The standard InChI is InChI=1S/C16H13NO4/c1-21-9-6-7-12-13(8-9)17-16(20)11-5-3-2-4-10(11)14(18)15(12,16)19/h2-8,17,19-20H,1H3/t15-,16-/m0/s1. The van der Waals surface area contributed by atoms with E-state index in [1.54, 1.807) is 42.5 Å². The van der Waals surface area contributed by atoms with Gasteiger partial charge in [0, 0.05) is 28.4 Å². The zero-order valence-electron chi connectivity index (χ0n) is 11.3. The van der Waals surface area contributed by atoms with Crippen molar-refractivity contribution in [3.8, 4) is 5.75 Å². The second-order valence-corrected chi connectivity index (χ2v) is 5.33. The molecule has 0 radical (unpaired) electrons. The molecule has 0 bridgehead atoms. The van der Waals surface area contributed by atoms with Crippen LogP contribution in [0.25, 0.3) is 0 Å². The van der Waals surface area contributed by atoms with E-state index in [1.807, 2.05) is 0 Å². The number of carbonyl (C=O) groups is 1. The highest BCUT2D eigenvalue weighted by molar-refractivity contribution is 6.11. The van der Waals surface area contributed by atoms with E-state index >= 15 is 0 Å². The number of methoxy groups -OCH3 is 1. The van der Waals surface area contributed by atoms with Crippen LogP contribution in [-0.2, 0) is 11.3 Å². The third-order valence-electron chi connectivity index (χ3n) is 4.35. The smallest absolute Gasteiger partial charge is 0.207 e. The Morgan fingerprint density at radius 2 is 1.86 bits per heavy atom. The summed E-state index contributed by atoms with van der Waals surface area (Å²) in [6, 6.07) is 11.6. The summed E-state index contributed by atoms with van der Waals surface area (Å²) in [5, 5.41) is 24.8. The van der Waals surface area contributed by atoms with Gasteiger partial charge in [-0.05, 0) is 12.1 Å². The van der Waals surface area contributed by atoms with Gasteiger partial charge in [-0.2, -0.15) is 0 Å². The predicted molar refractivity (Wildman–Crippen MR) is 75.2 cm³/mol. The van der Waals surface area contributed by atoms with Gasteiger partial charge in [-0.3, -0.25) is 4.79 Å². The molecule has 0 saturated carbocycles. The molecule has 2 aliphatic rings. The normalized spacial score (nSPS) is 28.6. The van der Waals surface area contributed by atoms with Gasteiger partial charge in [-0.1, -0.05) is 24.3 Å². The van der Waals surface area contributed by atoms with Crippen molar-refractivity contribution < 1.29 is 19.7 Å². The van der Waals surface area contributed by atoms with E-state index in [1.165, 1.54) is 7.11 Å². The lowest BCUT2D eigenvalue weighted by Gasteiger charge is -2.30. The van der Waals surface area contributed by atoms with Crippen LogP contribution in [0.5, 0.6) is 5.75 Å². The van der Waals surface area contributed by atoms with Crippen LogP contribution in [0.2, 0.25) is 0 Å². The van der Waals surface area contributed by atoms with Crippen LogP contribution in [0.15, 0.2) is 42.5 Å². The van der Waals surface area contributed by atoms with Gasteiger partial charge in [-0.25, -0.2) is 0 Å². The number of carbonyl (C=O) groups excluding carboxylic acids is 1. The van der Waals surface area contributed by atoms with Crippen LogP contribution >= 0.6 is 0 Å². The van der Waals surface area contributed by atoms with Crippen molar-refractivity contribution in [2.75, 3.05) is 12.4 Å². The van der Waals surface area contributed by atoms with Crippen LogP contribution in [0.4, 0.5) is 5.69 Å². The third kappa shape index (κ3) is 1.21. The summed E-state index contributed by atoms with van der Waals surface area (Å²) in [6.07, 6.45) is 0. The minimum atomic E-state index is -2.02. The number of rotatable bonds is 1. The fourth-order valence-electron chi connectivity index (χ4n) is 3.29. The first-order valence-electron chi connectivity index (χ1n) is 6.58. The average molecular weight is 283 g/mol. The number of hydrogen-bond donors (Lipinski definition) is 3. The van der Waals surface area contributed by atoms with E-state index in [0.717, 1.165) is 0 Å². The Morgan fingerprint density at radius 3 is 2.62 bits per heavy atom. The number of nitrogens with one attached hydrogen (secondary N) is 1. The lowest BCUT2D eigenvalue weighted by atomic mass is 9.86. The highest BCUT2D eigenvalue weighted by atomic mass is 16.5. The number of Topliss-reactive ketones (excluding diaryl/α,β-unsaturated/α-hetero) is 1. The number of anilines is 1. The van der Waals surface area contributed by atoms with Crippen LogP contribution in [0, 0.1) is 0 Å². The summed E-state index contributed by atoms with van der Waals surface area (Å²) in [5.41, 5.74) is -2.31. The lowest BCUT2D eigenvalue weighted by molar-refractivity contribution is -0.101. The van der Waals surface area contributed by atoms with E-state index in [0.29, 0.717) is 28.1 Å². The Hall–Kier alpha value is -2.37. The van der Waals surface area contributed by atoms with Gasteiger partial charge >= 0.3 is 0 Å². The van der Waals surface area contributed by atoms with E-state index in [9.17, 15) is 15.0 Å². The van der Waals surface area contributed by atoms with Crippen molar-refractivity contribution >= 4 is 11.5 Å². The Labute approximate surface area is 120 Å². The predicted octanol–water partition coefficient (Wildman–Crippen LogP) is 1.35. The lowest BCUT2D eigenvalue weighted by Crippen LogP contribution is -2.49. The number of fused-ring (bicyclic) bond motifs is 5. The summed E-state index contributed by atoms with van der Waals surface area (Å²) in [7, 11) is 1.53. The third-order valence-corrected chi connectivity index (χ3v) is 4.35. The van der Waals surface area contributed by atoms with Crippen molar-refractivity contribution in [3.05, 3.63) is 59.2 Å². The van der Waals surface area contributed by atoms with Gasteiger partial charge < -0.3 is 20.3 Å². The molecule has 0 saturated heterocycles. The van der Waals surface area contributed by atoms with Crippen LogP contribution in [0.1, 0.15) is 21.5 Å². The molecule has 5 nitrogen and oxygen atoms in total. The minimum absolute atomic E-state index is 0.330. The van der Waals surface area contributed by atoms with Crippen molar-refractivity contribution in [2.24, 2.45) is 0 Å². The minimum Gasteiger partial charge on any atom is -0.497 e. The molecular weight excluding hydrogens is 270 g/mol. The summed E-state index contributed by atoms with van der Waals surface area (Å²) in [6.45, 7) is 0. The molecule has 1 heterocycles. The van der Waals surface area contributed by atoms with Crippen molar-refractivity contribution in [1.29, 1.82) is 0 Å². The quantitative estimate of drug-likeness (QED) is 0.736. The number of aliphatic hydroxyl groups is 2. The van der Waals surface area contributed by atoms with Gasteiger partial charge in [0.25, 0.3) is 0 Å². The molecule has 1 aliphatic carbocycles. The Morgan fingerprint density at radius 1 is 1.10 bits per heavy atom. The maximum absolute atomic E-state index is 12.6. The molecule has 0 fully saturated rings. The zero-order chi connectivity index (χ0) is 14.8. The summed E-state index contributed by atoms with van der Waals surface area (Å²) in [4.78, 5) is 12.6. The molecule has 0 spiro atoms. The second kappa shape index (κ2) is 3.63. The molecule has 2 aromatic carbocycles. The van der Waals surface area contributed by atoms with Crippen LogP contribution in [-0.4, -0.2) is 23.1 Å². The van der Waals surface area contributed by atoms with Crippen molar-refractivity contribution in [3.63, 3.8) is 0 Å².